The fraction of sp³-hybridized carbons (Fsp3) is 0.125. The van der Waals surface area contributed by atoms with Crippen LogP contribution in [0.1, 0.15) is 18.1 Å². The Morgan fingerprint density at radius 3 is 2.48 bits per heavy atom. The third-order valence-electron chi connectivity index (χ3n) is 3.18. The molecule has 0 saturated heterocycles. The van der Waals surface area contributed by atoms with E-state index in [9.17, 15) is 23.4 Å². The number of phenols is 2. The van der Waals surface area contributed by atoms with E-state index in [1.54, 1.807) is 0 Å². The van der Waals surface area contributed by atoms with Crippen molar-refractivity contribution in [3.63, 3.8) is 0 Å². The van der Waals surface area contributed by atoms with Crippen molar-refractivity contribution in [3.8, 4) is 11.5 Å². The SMILES string of the molecule is C/C(=N\NC(=S)Nc1ccccc1C(F)(F)F)c1cc(O)ccc1O. The topological polar surface area (TPSA) is 76.9 Å². The highest BCUT2D eigenvalue weighted by atomic mass is 32.1. The van der Waals surface area contributed by atoms with Crippen molar-refractivity contribution in [2.45, 2.75) is 13.1 Å². The van der Waals surface area contributed by atoms with Crippen molar-refractivity contribution >= 4 is 28.7 Å². The first-order valence-electron chi connectivity index (χ1n) is 6.98. The first kappa shape index (κ1) is 18.5. The van der Waals surface area contributed by atoms with Crippen molar-refractivity contribution in [1.29, 1.82) is 0 Å². The van der Waals surface area contributed by atoms with E-state index in [0.717, 1.165) is 6.07 Å². The number of nitrogens with zero attached hydrogens (tertiary/aromatic N) is 1. The lowest BCUT2D eigenvalue weighted by Gasteiger charge is -2.14. The number of anilines is 1. The number of thiocarbonyl (C=S) groups is 1. The maximum Gasteiger partial charge on any atom is 0.418 e. The van der Waals surface area contributed by atoms with Crippen LogP contribution in [0.25, 0.3) is 0 Å². The van der Waals surface area contributed by atoms with E-state index < -0.39 is 11.7 Å². The average molecular weight is 369 g/mol. The zero-order valence-corrected chi connectivity index (χ0v) is 13.7. The lowest BCUT2D eigenvalue weighted by atomic mass is 10.1. The molecule has 0 aliphatic rings. The summed E-state index contributed by atoms with van der Waals surface area (Å²) in [5.74, 6) is -0.177. The Balaban J connectivity index is 2.12. The van der Waals surface area contributed by atoms with Gasteiger partial charge in [0.15, 0.2) is 5.11 Å². The summed E-state index contributed by atoms with van der Waals surface area (Å²) in [5.41, 5.74) is 1.87. The van der Waals surface area contributed by atoms with E-state index in [0.29, 0.717) is 0 Å². The molecule has 0 atom stereocenters. The first-order chi connectivity index (χ1) is 11.7. The molecule has 0 bridgehead atoms. The zero-order chi connectivity index (χ0) is 18.6. The minimum Gasteiger partial charge on any atom is -0.508 e. The molecule has 0 spiro atoms. The highest BCUT2D eigenvalue weighted by Gasteiger charge is 2.33. The summed E-state index contributed by atoms with van der Waals surface area (Å²) in [5, 5.41) is 25.3. The molecule has 0 fully saturated rings. The summed E-state index contributed by atoms with van der Waals surface area (Å²) in [6.45, 7) is 1.54. The number of benzene rings is 2. The number of rotatable bonds is 3. The van der Waals surface area contributed by atoms with Crippen LogP contribution in [0.2, 0.25) is 0 Å². The second kappa shape index (κ2) is 7.39. The smallest absolute Gasteiger partial charge is 0.418 e. The van der Waals surface area contributed by atoms with Crippen molar-refractivity contribution in [3.05, 3.63) is 53.6 Å². The molecule has 0 saturated carbocycles. The van der Waals surface area contributed by atoms with Gasteiger partial charge in [0.1, 0.15) is 11.5 Å². The van der Waals surface area contributed by atoms with Gasteiger partial charge >= 0.3 is 6.18 Å². The molecule has 5 nitrogen and oxygen atoms in total. The van der Waals surface area contributed by atoms with Crippen LogP contribution in [0.15, 0.2) is 47.6 Å². The van der Waals surface area contributed by atoms with Gasteiger partial charge in [0.25, 0.3) is 0 Å². The summed E-state index contributed by atoms with van der Waals surface area (Å²) >= 11 is 4.94. The number of hydrogen-bond donors (Lipinski definition) is 4. The largest absolute Gasteiger partial charge is 0.508 e. The van der Waals surface area contributed by atoms with Crippen molar-refractivity contribution in [2.75, 3.05) is 5.32 Å². The molecule has 0 aromatic heterocycles. The van der Waals surface area contributed by atoms with Gasteiger partial charge in [-0.1, -0.05) is 12.1 Å². The second-order valence-corrected chi connectivity index (χ2v) is 5.42. The zero-order valence-electron chi connectivity index (χ0n) is 12.9. The van der Waals surface area contributed by atoms with Crippen molar-refractivity contribution in [2.24, 2.45) is 5.10 Å². The number of nitrogens with one attached hydrogen (secondary N) is 2. The molecule has 2 aromatic carbocycles. The molecule has 4 N–H and O–H groups in total. The second-order valence-electron chi connectivity index (χ2n) is 5.01. The number of alkyl halides is 3. The van der Waals surface area contributed by atoms with Crippen LogP contribution in [-0.4, -0.2) is 21.0 Å². The average Bonchev–Trinajstić information content (AvgIpc) is 2.54. The Bertz CT molecular complexity index is 823. The molecule has 2 rings (SSSR count). The van der Waals surface area contributed by atoms with E-state index in [1.165, 1.54) is 43.3 Å². The normalized spacial score (nSPS) is 11.9. The minimum atomic E-state index is -4.52. The molecule has 0 aliphatic carbocycles. The molecular formula is C16H14F3N3O2S. The fourth-order valence-electron chi connectivity index (χ4n) is 2.00. The van der Waals surface area contributed by atoms with E-state index >= 15 is 0 Å². The van der Waals surface area contributed by atoms with Gasteiger partial charge in [-0.25, -0.2) is 0 Å². The molecule has 0 unspecified atom stereocenters. The van der Waals surface area contributed by atoms with Gasteiger partial charge in [-0.15, -0.1) is 0 Å². The van der Waals surface area contributed by atoms with Gasteiger partial charge in [0.2, 0.25) is 0 Å². The third-order valence-corrected chi connectivity index (χ3v) is 3.37. The number of aromatic hydroxyl groups is 2. The van der Waals surface area contributed by atoms with Crippen LogP contribution < -0.4 is 10.7 Å². The number of halogens is 3. The molecule has 0 radical (unpaired) electrons. The fourth-order valence-corrected chi connectivity index (χ4v) is 2.15. The highest BCUT2D eigenvalue weighted by molar-refractivity contribution is 7.80. The Kier molecular flexibility index (Phi) is 5.48. The predicted octanol–water partition coefficient (Wildman–Crippen LogP) is 3.83. The monoisotopic (exact) mass is 369 g/mol. The van der Waals surface area contributed by atoms with Gasteiger partial charge < -0.3 is 15.5 Å². The molecule has 25 heavy (non-hydrogen) atoms. The van der Waals surface area contributed by atoms with E-state index in [2.05, 4.69) is 15.8 Å². The molecule has 0 amide bonds. The Hall–Kier alpha value is -2.81. The van der Waals surface area contributed by atoms with Crippen molar-refractivity contribution in [1.82, 2.24) is 5.43 Å². The Labute approximate surface area is 146 Å². The van der Waals surface area contributed by atoms with Gasteiger partial charge in [0.05, 0.1) is 17.0 Å². The highest BCUT2D eigenvalue weighted by Crippen LogP contribution is 2.34. The Morgan fingerprint density at radius 1 is 1.12 bits per heavy atom. The first-order valence-corrected chi connectivity index (χ1v) is 7.39. The van der Waals surface area contributed by atoms with Gasteiger partial charge in [0, 0.05) is 5.56 Å². The lowest BCUT2D eigenvalue weighted by Crippen LogP contribution is -2.26. The van der Waals surface area contributed by atoms with Gasteiger partial charge in [-0.2, -0.15) is 18.3 Å². The quantitative estimate of drug-likeness (QED) is 0.286. The van der Waals surface area contributed by atoms with Crippen LogP contribution in [0.3, 0.4) is 0 Å². The number of hydrogen-bond acceptors (Lipinski definition) is 4. The van der Waals surface area contributed by atoms with Crippen LogP contribution in [0.4, 0.5) is 18.9 Å². The number of para-hydroxylation sites is 1. The molecule has 132 valence electrons. The summed E-state index contributed by atoms with van der Waals surface area (Å²) in [6.07, 6.45) is -4.52. The summed E-state index contributed by atoms with van der Waals surface area (Å²) in [7, 11) is 0. The third kappa shape index (κ3) is 4.83. The van der Waals surface area contributed by atoms with Crippen molar-refractivity contribution < 1.29 is 23.4 Å². The number of hydrazone groups is 1. The maximum atomic E-state index is 12.9. The Morgan fingerprint density at radius 2 is 1.80 bits per heavy atom. The van der Waals surface area contributed by atoms with Crippen LogP contribution in [0, 0.1) is 0 Å². The van der Waals surface area contributed by atoms with Crippen LogP contribution in [-0.2, 0) is 6.18 Å². The van der Waals surface area contributed by atoms with E-state index in [-0.39, 0.29) is 33.6 Å². The minimum absolute atomic E-state index is 0.0674. The van der Waals surface area contributed by atoms with E-state index in [1.807, 2.05) is 0 Å². The molecule has 2 aromatic rings. The summed E-state index contributed by atoms with van der Waals surface area (Å²) in [4.78, 5) is 0. The maximum absolute atomic E-state index is 12.9. The van der Waals surface area contributed by atoms with E-state index in [4.69, 9.17) is 12.2 Å². The number of phenolic OH excluding ortho intramolecular Hbond substituents is 2. The molecular weight excluding hydrogens is 355 g/mol. The predicted molar refractivity (Wildman–Crippen MR) is 92.8 cm³/mol. The summed E-state index contributed by atoms with van der Waals surface area (Å²) < 4.78 is 38.8. The molecule has 9 heteroatoms. The standard InChI is InChI=1S/C16H14F3N3O2S/c1-9(11-8-10(23)6-7-14(11)24)21-22-15(25)20-13-5-3-2-4-12(13)16(17,18)19/h2-8,23-24H,1H3,(H2,20,22,25)/b21-9+. The molecule has 0 heterocycles. The van der Waals surface area contributed by atoms with Gasteiger partial charge in [-0.05, 0) is 49.5 Å². The molecule has 0 aliphatic heterocycles. The lowest BCUT2D eigenvalue weighted by molar-refractivity contribution is -0.136. The van der Waals surface area contributed by atoms with Crippen LogP contribution in [0.5, 0.6) is 11.5 Å². The van der Waals surface area contributed by atoms with Gasteiger partial charge in [-0.3, -0.25) is 5.43 Å². The van der Waals surface area contributed by atoms with Crippen LogP contribution >= 0.6 is 12.2 Å². The summed E-state index contributed by atoms with van der Waals surface area (Å²) in [6, 6.07) is 8.79.